The highest BCUT2D eigenvalue weighted by Crippen LogP contribution is 2.22. The van der Waals surface area contributed by atoms with Crippen LogP contribution in [0, 0.1) is 0 Å². The number of carbonyl (C=O) groups is 1. The van der Waals surface area contributed by atoms with Crippen LogP contribution in [0.4, 0.5) is 0 Å². The zero-order valence-corrected chi connectivity index (χ0v) is 8.45. The fraction of sp³-hybridized carbons (Fsp3) is 0.125. The number of rotatable bonds is 1. The molecule has 0 amide bonds. The summed E-state index contributed by atoms with van der Waals surface area (Å²) in [5.74, 6) is -0.305. The van der Waals surface area contributed by atoms with Crippen LogP contribution in [0.2, 0.25) is 0 Å². The third kappa shape index (κ3) is 1.52. The van der Waals surface area contributed by atoms with E-state index in [1.54, 1.807) is 22.5 Å². The molecule has 2 aromatic rings. The van der Waals surface area contributed by atoms with Crippen molar-refractivity contribution in [2.45, 2.75) is 0 Å². The molecule has 0 N–H and O–H groups in total. The normalized spacial score (nSPS) is 10.2. The van der Waals surface area contributed by atoms with Crippen molar-refractivity contribution in [1.82, 2.24) is 4.37 Å². The van der Waals surface area contributed by atoms with Gasteiger partial charge in [0.15, 0.2) is 0 Å². The number of nitrogens with zero attached hydrogens (tertiary/aromatic N) is 1. The van der Waals surface area contributed by atoms with Gasteiger partial charge >= 0.3 is 16.3 Å². The molecule has 5 heteroatoms. The van der Waals surface area contributed by atoms with Gasteiger partial charge in [0.25, 0.3) is 15.2 Å². The molecule has 3 nitrogen and oxygen atoms in total. The predicted octanol–water partition coefficient (Wildman–Crippen LogP) is 2.43. The quantitative estimate of drug-likeness (QED) is 0.414. The molecule has 0 atom stereocenters. The summed E-state index contributed by atoms with van der Waals surface area (Å²) in [6, 6.07) is 5.35. The molecule has 2 rings (SSSR count). The van der Waals surface area contributed by atoms with Gasteiger partial charge < -0.3 is 4.74 Å². The van der Waals surface area contributed by atoms with Gasteiger partial charge in [0.2, 0.25) is 0 Å². The number of esters is 1. The summed E-state index contributed by atoms with van der Waals surface area (Å²) in [4.78, 5) is 11.1. The number of aromatic nitrogens is 1. The zero-order chi connectivity index (χ0) is 9.26. The lowest BCUT2D eigenvalue weighted by molar-refractivity contribution is 0.0601. The Kier molecular flexibility index (Phi) is 2.20. The maximum absolute atomic E-state index is 11.1. The zero-order valence-electron chi connectivity index (χ0n) is 6.81. The number of benzene rings is 1. The van der Waals surface area contributed by atoms with E-state index in [0.717, 1.165) is 10.2 Å². The Balaban J connectivity index is 2.54. The van der Waals surface area contributed by atoms with Gasteiger partial charge in [0.1, 0.15) is 5.52 Å². The van der Waals surface area contributed by atoms with E-state index in [2.05, 4.69) is 9.11 Å². The number of hydrogen-bond donors (Lipinski definition) is 0. The molecule has 0 fully saturated rings. The lowest BCUT2D eigenvalue weighted by Crippen LogP contribution is -1.99. The van der Waals surface area contributed by atoms with Crippen LogP contribution >= 0.6 is 20.9 Å². The number of carbonyl (C=O) groups excluding carboxylic acids is 1. The van der Waals surface area contributed by atoms with Gasteiger partial charge in [-0.05, 0) is 12.1 Å². The average Bonchev–Trinajstić information content (AvgIpc) is 2.63. The Morgan fingerprint density at radius 1 is 1.62 bits per heavy atom. The van der Waals surface area contributed by atoms with Crippen LogP contribution in [0.1, 0.15) is 10.4 Å². The smallest absolute Gasteiger partial charge is 0.338 e. The van der Waals surface area contributed by atoms with Gasteiger partial charge in [-0.1, -0.05) is 0 Å². The molecular weight excluding hydrogens is 206 g/mol. The number of hydrogen-bond acceptors (Lipinski definition) is 4. The molecule has 0 spiro atoms. The van der Waals surface area contributed by atoms with Crippen LogP contribution in [0.15, 0.2) is 18.2 Å². The van der Waals surface area contributed by atoms with Crippen molar-refractivity contribution in [2.75, 3.05) is 7.11 Å². The standard InChI is InChI=1S/C8H6NO2S2/c1-11-8(10)5-2-3-6-7(4-5)12-13-9-6/h2-4H,1H3/q+1. The summed E-state index contributed by atoms with van der Waals surface area (Å²) < 4.78 is 9.78. The highest BCUT2D eigenvalue weighted by molar-refractivity contribution is 7.69. The van der Waals surface area contributed by atoms with E-state index in [1.807, 2.05) is 6.07 Å². The van der Waals surface area contributed by atoms with Crippen molar-refractivity contribution in [3.05, 3.63) is 23.8 Å². The summed E-state index contributed by atoms with van der Waals surface area (Å²) >= 11 is 0. The van der Waals surface area contributed by atoms with Crippen LogP contribution in [0.5, 0.6) is 0 Å². The van der Waals surface area contributed by atoms with Crippen molar-refractivity contribution in [3.63, 3.8) is 0 Å². The minimum atomic E-state index is -0.305. The van der Waals surface area contributed by atoms with Crippen molar-refractivity contribution in [3.8, 4) is 0 Å². The molecular formula is C8H6NO2S2+. The van der Waals surface area contributed by atoms with Gasteiger partial charge in [-0.15, -0.1) is 4.37 Å². The van der Waals surface area contributed by atoms with Crippen molar-refractivity contribution >= 4 is 37.1 Å². The van der Waals surface area contributed by atoms with Crippen molar-refractivity contribution in [1.29, 1.82) is 0 Å². The van der Waals surface area contributed by atoms with Crippen molar-refractivity contribution < 1.29 is 9.53 Å². The van der Waals surface area contributed by atoms with E-state index in [1.165, 1.54) is 17.6 Å². The molecule has 1 aromatic heterocycles. The molecule has 0 bridgehead atoms. The molecule has 1 heterocycles. The second-order valence-corrected chi connectivity index (χ2v) is 4.31. The molecule has 0 unspecified atom stereocenters. The highest BCUT2D eigenvalue weighted by atomic mass is 32.9. The largest absolute Gasteiger partial charge is 0.465 e. The van der Waals surface area contributed by atoms with E-state index >= 15 is 0 Å². The van der Waals surface area contributed by atoms with Crippen LogP contribution in [-0.4, -0.2) is 17.5 Å². The molecule has 0 radical (unpaired) electrons. The molecule has 0 saturated heterocycles. The summed E-state index contributed by atoms with van der Waals surface area (Å²) in [6.07, 6.45) is 0. The Labute approximate surface area is 82.1 Å². The van der Waals surface area contributed by atoms with E-state index < -0.39 is 0 Å². The minimum absolute atomic E-state index is 0.305. The van der Waals surface area contributed by atoms with Crippen LogP contribution in [0.25, 0.3) is 10.2 Å². The number of methoxy groups -OCH3 is 1. The maximum Gasteiger partial charge on any atom is 0.338 e. The Hall–Kier alpha value is -1.07. The lowest BCUT2D eigenvalue weighted by atomic mass is 10.2. The van der Waals surface area contributed by atoms with Gasteiger partial charge in [-0.3, -0.25) is 0 Å². The van der Waals surface area contributed by atoms with Gasteiger partial charge in [-0.2, -0.15) is 0 Å². The molecule has 0 aliphatic heterocycles. The fourth-order valence-corrected chi connectivity index (χ4v) is 2.78. The molecule has 0 aliphatic rings. The van der Waals surface area contributed by atoms with E-state index in [4.69, 9.17) is 0 Å². The number of fused-ring (bicyclic) bond motifs is 1. The second kappa shape index (κ2) is 3.35. The van der Waals surface area contributed by atoms with Crippen LogP contribution in [-0.2, 0) is 4.74 Å². The lowest BCUT2D eigenvalue weighted by Gasteiger charge is -1.94. The van der Waals surface area contributed by atoms with Gasteiger partial charge in [0.05, 0.1) is 12.7 Å². The summed E-state index contributed by atoms with van der Waals surface area (Å²) in [5.41, 5.74) is 1.51. The predicted molar refractivity (Wildman–Crippen MR) is 53.2 cm³/mol. The average molecular weight is 212 g/mol. The Morgan fingerprint density at radius 3 is 3.23 bits per heavy atom. The fourth-order valence-electron chi connectivity index (χ4n) is 1.00. The third-order valence-electron chi connectivity index (χ3n) is 1.64. The first-order valence-electron chi connectivity index (χ1n) is 3.58. The monoisotopic (exact) mass is 212 g/mol. The molecule has 0 aliphatic carbocycles. The first-order valence-corrected chi connectivity index (χ1v) is 5.69. The molecule has 1 aromatic carbocycles. The second-order valence-electron chi connectivity index (χ2n) is 2.42. The molecule has 13 heavy (non-hydrogen) atoms. The van der Waals surface area contributed by atoms with Gasteiger partial charge in [-0.25, -0.2) is 4.79 Å². The first kappa shape index (κ1) is 8.52. The summed E-state index contributed by atoms with van der Waals surface area (Å²) in [5, 5.41) is 0. The molecule has 66 valence electrons. The number of ether oxygens (including phenoxy) is 1. The van der Waals surface area contributed by atoms with Crippen LogP contribution < -0.4 is 0 Å². The Morgan fingerprint density at radius 2 is 2.46 bits per heavy atom. The highest BCUT2D eigenvalue weighted by Gasteiger charge is 2.13. The van der Waals surface area contributed by atoms with E-state index in [0.29, 0.717) is 5.56 Å². The summed E-state index contributed by atoms with van der Waals surface area (Å²) in [6.45, 7) is 0. The maximum atomic E-state index is 11.1. The minimum Gasteiger partial charge on any atom is -0.465 e. The van der Waals surface area contributed by atoms with Crippen LogP contribution in [0.3, 0.4) is 0 Å². The SMILES string of the molecule is COC(=O)c1ccc2ns[s+]c2c1. The van der Waals surface area contributed by atoms with E-state index in [-0.39, 0.29) is 5.97 Å². The van der Waals surface area contributed by atoms with Crippen molar-refractivity contribution in [2.24, 2.45) is 0 Å². The van der Waals surface area contributed by atoms with Gasteiger partial charge in [0, 0.05) is 6.07 Å². The third-order valence-corrected chi connectivity index (χ3v) is 3.48. The summed E-state index contributed by atoms with van der Waals surface area (Å²) in [7, 11) is 4.35. The Bertz CT molecular complexity index is 452. The first-order chi connectivity index (χ1) is 6.31. The molecule has 0 saturated carbocycles. The van der Waals surface area contributed by atoms with E-state index in [9.17, 15) is 4.79 Å². The topological polar surface area (TPSA) is 39.2 Å².